The Bertz CT molecular complexity index is 1230. The fourth-order valence-corrected chi connectivity index (χ4v) is 3.65. The van der Waals surface area contributed by atoms with E-state index in [9.17, 15) is 9.59 Å². The summed E-state index contributed by atoms with van der Waals surface area (Å²) in [7, 11) is 0. The van der Waals surface area contributed by atoms with Gasteiger partial charge in [0, 0.05) is 25.2 Å². The van der Waals surface area contributed by atoms with Gasteiger partial charge in [-0.1, -0.05) is 36.4 Å². The van der Waals surface area contributed by atoms with Crippen LogP contribution in [0.1, 0.15) is 22.3 Å². The van der Waals surface area contributed by atoms with Crippen molar-refractivity contribution in [2.75, 3.05) is 13.6 Å². The van der Waals surface area contributed by atoms with Crippen LogP contribution in [0.4, 0.5) is 0 Å². The monoisotopic (exact) mass is 484 g/mol. The maximum Gasteiger partial charge on any atom is 0.244 e. The van der Waals surface area contributed by atoms with E-state index in [0.29, 0.717) is 36.1 Å². The predicted molar refractivity (Wildman–Crippen MR) is 133 cm³/mol. The van der Waals surface area contributed by atoms with Crippen LogP contribution >= 0.6 is 0 Å². The molecule has 3 aromatic carbocycles. The van der Waals surface area contributed by atoms with Crippen LogP contribution in [0, 0.1) is 0 Å². The van der Waals surface area contributed by atoms with Gasteiger partial charge in [-0.05, 0) is 58.7 Å². The molecule has 0 fully saturated rings. The Balaban J connectivity index is 1.05. The van der Waals surface area contributed by atoms with Crippen molar-refractivity contribution in [3.63, 3.8) is 0 Å². The number of amides is 2. The van der Waals surface area contributed by atoms with Gasteiger partial charge < -0.3 is 29.6 Å². The van der Waals surface area contributed by atoms with E-state index in [4.69, 9.17) is 18.9 Å². The Hall–Kier alpha value is -4.72. The van der Waals surface area contributed by atoms with Crippen molar-refractivity contribution < 1.29 is 28.5 Å². The molecule has 8 heteroatoms. The maximum absolute atomic E-state index is 12.2. The average molecular weight is 485 g/mol. The second-order valence-corrected chi connectivity index (χ2v) is 8.14. The first-order valence-electron chi connectivity index (χ1n) is 11.4. The van der Waals surface area contributed by atoms with Crippen molar-refractivity contribution in [3.8, 4) is 23.0 Å². The molecule has 0 aliphatic carbocycles. The second kappa shape index (κ2) is 10.7. The normalized spacial score (nSPS) is 13.3. The lowest BCUT2D eigenvalue weighted by Gasteiger charge is -2.06. The summed E-state index contributed by atoms with van der Waals surface area (Å²) in [5.74, 6) is 2.37. The zero-order valence-corrected chi connectivity index (χ0v) is 19.4. The lowest BCUT2D eigenvalue weighted by molar-refractivity contribution is -0.117. The summed E-state index contributed by atoms with van der Waals surface area (Å²) in [5.41, 5.74) is 3.62. The van der Waals surface area contributed by atoms with Gasteiger partial charge in [-0.15, -0.1) is 0 Å². The molecule has 5 rings (SSSR count). The Morgan fingerprint density at radius 2 is 1.03 bits per heavy atom. The third-order valence-corrected chi connectivity index (χ3v) is 5.60. The minimum Gasteiger partial charge on any atom is -0.454 e. The predicted octanol–water partition coefficient (Wildman–Crippen LogP) is 3.80. The van der Waals surface area contributed by atoms with Gasteiger partial charge in [0.1, 0.15) is 0 Å². The van der Waals surface area contributed by atoms with Gasteiger partial charge in [0.15, 0.2) is 23.0 Å². The number of nitrogens with one attached hydrogen (secondary N) is 2. The van der Waals surface area contributed by atoms with Gasteiger partial charge in [0.05, 0.1) is 0 Å². The van der Waals surface area contributed by atoms with Crippen molar-refractivity contribution >= 4 is 24.0 Å². The highest BCUT2D eigenvalue weighted by Crippen LogP contribution is 2.33. The molecule has 0 saturated heterocycles. The van der Waals surface area contributed by atoms with Crippen LogP contribution in [0.5, 0.6) is 23.0 Å². The Morgan fingerprint density at radius 1 is 0.611 bits per heavy atom. The molecule has 0 unspecified atom stereocenters. The van der Waals surface area contributed by atoms with Crippen molar-refractivity contribution in [2.45, 2.75) is 13.1 Å². The highest BCUT2D eigenvalue weighted by Gasteiger charge is 2.13. The fourth-order valence-electron chi connectivity index (χ4n) is 3.65. The van der Waals surface area contributed by atoms with Crippen LogP contribution in [0.25, 0.3) is 12.2 Å². The average Bonchev–Trinajstić information content (AvgIpc) is 3.57. The molecule has 3 aromatic rings. The van der Waals surface area contributed by atoms with E-state index in [1.54, 1.807) is 12.2 Å². The quantitative estimate of drug-likeness (QED) is 0.473. The highest BCUT2D eigenvalue weighted by atomic mass is 16.7. The minimum absolute atomic E-state index is 0.196. The zero-order chi connectivity index (χ0) is 24.7. The number of carbonyl (C=O) groups excluding carboxylic acids is 2. The Labute approximate surface area is 208 Å². The third-order valence-electron chi connectivity index (χ3n) is 5.60. The van der Waals surface area contributed by atoms with Crippen molar-refractivity contribution in [3.05, 3.63) is 95.1 Å². The standard InChI is InChI=1S/C28H24N2O6/c31-27(11-7-19-5-9-23-25(13-19)35-17-33-23)29-15-21-1-2-22(4-3-21)16-30-28(32)12-8-20-6-10-24-26(14-20)36-18-34-24/h1-14H,15-18H2,(H,29,31)(H,30,32). The molecular formula is C28H24N2O6. The number of carbonyl (C=O) groups is 2. The lowest BCUT2D eigenvalue weighted by atomic mass is 10.1. The molecule has 0 aromatic heterocycles. The summed E-state index contributed by atoms with van der Waals surface area (Å²) >= 11 is 0. The molecule has 0 spiro atoms. The summed E-state index contributed by atoms with van der Waals surface area (Å²) < 4.78 is 21.3. The van der Waals surface area contributed by atoms with E-state index in [1.165, 1.54) is 12.2 Å². The fraction of sp³-hybridized carbons (Fsp3) is 0.143. The Morgan fingerprint density at radius 3 is 1.47 bits per heavy atom. The largest absolute Gasteiger partial charge is 0.454 e. The van der Waals surface area contributed by atoms with Crippen LogP contribution in [0.15, 0.2) is 72.8 Å². The van der Waals surface area contributed by atoms with Gasteiger partial charge in [0.2, 0.25) is 25.4 Å². The maximum atomic E-state index is 12.2. The Kier molecular flexibility index (Phi) is 6.84. The van der Waals surface area contributed by atoms with Gasteiger partial charge in [-0.2, -0.15) is 0 Å². The van der Waals surface area contributed by atoms with E-state index in [1.807, 2.05) is 60.7 Å². The first kappa shape index (κ1) is 23.0. The zero-order valence-electron chi connectivity index (χ0n) is 19.4. The number of benzene rings is 3. The molecule has 0 bridgehead atoms. The highest BCUT2D eigenvalue weighted by molar-refractivity contribution is 5.92. The first-order valence-corrected chi connectivity index (χ1v) is 11.4. The number of hydrogen-bond donors (Lipinski definition) is 2. The number of hydrogen-bond acceptors (Lipinski definition) is 6. The van der Waals surface area contributed by atoms with Crippen LogP contribution < -0.4 is 29.6 Å². The molecular weight excluding hydrogens is 460 g/mol. The summed E-state index contributed by atoms with van der Waals surface area (Å²) in [4.78, 5) is 24.3. The smallest absolute Gasteiger partial charge is 0.244 e. The summed E-state index contributed by atoms with van der Waals surface area (Å²) in [6.45, 7) is 1.23. The van der Waals surface area contributed by atoms with Crippen molar-refractivity contribution in [1.82, 2.24) is 10.6 Å². The van der Waals surface area contributed by atoms with Crippen LogP contribution in [0.2, 0.25) is 0 Å². The van der Waals surface area contributed by atoms with E-state index >= 15 is 0 Å². The third kappa shape index (κ3) is 5.85. The number of ether oxygens (including phenoxy) is 4. The second-order valence-electron chi connectivity index (χ2n) is 8.14. The molecule has 2 aliphatic heterocycles. The first-order chi connectivity index (χ1) is 17.6. The van der Waals surface area contributed by atoms with Crippen molar-refractivity contribution in [1.29, 1.82) is 0 Å². The summed E-state index contributed by atoms with van der Waals surface area (Å²) in [6, 6.07) is 18.7. The van der Waals surface area contributed by atoms with Gasteiger partial charge in [0.25, 0.3) is 0 Å². The lowest BCUT2D eigenvalue weighted by Crippen LogP contribution is -2.21. The van der Waals surface area contributed by atoms with Crippen LogP contribution in [-0.2, 0) is 22.7 Å². The molecule has 0 saturated carbocycles. The van der Waals surface area contributed by atoms with E-state index in [0.717, 1.165) is 22.3 Å². The molecule has 0 atom stereocenters. The van der Waals surface area contributed by atoms with E-state index in [-0.39, 0.29) is 25.4 Å². The number of fused-ring (bicyclic) bond motifs is 2. The summed E-state index contributed by atoms with van der Waals surface area (Å²) in [5, 5.41) is 5.72. The summed E-state index contributed by atoms with van der Waals surface area (Å²) in [6.07, 6.45) is 6.42. The molecule has 36 heavy (non-hydrogen) atoms. The van der Waals surface area contributed by atoms with Crippen LogP contribution in [-0.4, -0.2) is 25.4 Å². The van der Waals surface area contributed by atoms with E-state index < -0.39 is 0 Å². The van der Waals surface area contributed by atoms with Gasteiger partial charge in [-0.3, -0.25) is 9.59 Å². The number of rotatable bonds is 8. The molecule has 8 nitrogen and oxygen atoms in total. The van der Waals surface area contributed by atoms with Gasteiger partial charge in [-0.25, -0.2) is 0 Å². The topological polar surface area (TPSA) is 95.1 Å². The molecule has 0 radical (unpaired) electrons. The molecule has 2 aliphatic rings. The van der Waals surface area contributed by atoms with Crippen molar-refractivity contribution in [2.24, 2.45) is 0 Å². The SMILES string of the molecule is O=C(C=Cc1ccc2c(c1)OCO2)NCc1ccc(CNC(=O)C=Cc2ccc3c(c2)OCO3)cc1. The van der Waals surface area contributed by atoms with Crippen LogP contribution in [0.3, 0.4) is 0 Å². The van der Waals surface area contributed by atoms with Gasteiger partial charge >= 0.3 is 0 Å². The minimum atomic E-state index is -0.196. The van der Waals surface area contributed by atoms with E-state index in [2.05, 4.69) is 10.6 Å². The molecule has 2 amide bonds. The molecule has 2 N–H and O–H groups in total. The molecule has 2 heterocycles. The molecule has 182 valence electrons.